The normalized spacial score (nSPS) is 25.6. The minimum absolute atomic E-state index is 0.000483. The maximum absolute atomic E-state index is 13.7. The minimum Gasteiger partial charge on any atom is -0.487 e. The van der Waals surface area contributed by atoms with E-state index in [-0.39, 0.29) is 23.4 Å². The third kappa shape index (κ3) is 2.16. The number of nitrogens with two attached hydrogens (primary N) is 1. The lowest BCUT2D eigenvalue weighted by molar-refractivity contribution is -0.0737. The average Bonchev–Trinajstić information content (AvgIpc) is 2.33. The van der Waals surface area contributed by atoms with E-state index in [9.17, 15) is 4.39 Å². The number of hydrogen-bond donors (Lipinski definition) is 1. The fourth-order valence-electron chi connectivity index (χ4n) is 2.90. The van der Waals surface area contributed by atoms with Crippen LogP contribution in [0.4, 0.5) is 4.39 Å². The number of ether oxygens (including phenoxy) is 1. The molecule has 2 nitrogen and oxygen atoms in total. The Morgan fingerprint density at radius 3 is 2.61 bits per heavy atom. The largest absolute Gasteiger partial charge is 0.487 e. The van der Waals surface area contributed by atoms with Crippen molar-refractivity contribution in [3.8, 4) is 5.75 Å². The van der Waals surface area contributed by atoms with Gasteiger partial charge in [0, 0.05) is 22.4 Å². The predicted octanol–water partition coefficient (Wildman–Crippen LogP) is 3.87. The molecular formula is C14H19BrFNO. The van der Waals surface area contributed by atoms with E-state index < -0.39 is 0 Å². The Kier molecular flexibility index (Phi) is 3.97. The molecule has 0 bridgehead atoms. The van der Waals surface area contributed by atoms with E-state index in [1.54, 1.807) is 12.1 Å². The molecule has 1 aliphatic rings. The summed E-state index contributed by atoms with van der Waals surface area (Å²) in [6.45, 7) is 4.24. The Bertz CT molecular complexity index is 434. The first-order valence-electron chi connectivity index (χ1n) is 6.40. The number of halogens is 2. The van der Waals surface area contributed by atoms with Gasteiger partial charge in [0.2, 0.25) is 0 Å². The fraction of sp³-hybridized carbons (Fsp3) is 0.571. The van der Waals surface area contributed by atoms with Crippen LogP contribution in [0.5, 0.6) is 5.75 Å². The first kappa shape index (κ1) is 13.8. The van der Waals surface area contributed by atoms with Crippen molar-refractivity contribution in [3.05, 3.63) is 28.5 Å². The molecule has 0 radical (unpaired) electrons. The molecule has 0 spiro atoms. The summed E-state index contributed by atoms with van der Waals surface area (Å²) in [6.07, 6.45) is 2.76. The molecule has 100 valence electrons. The van der Waals surface area contributed by atoms with Gasteiger partial charge in [-0.05, 0) is 31.0 Å². The molecule has 1 aliphatic carbocycles. The van der Waals surface area contributed by atoms with Gasteiger partial charge in [-0.2, -0.15) is 0 Å². The van der Waals surface area contributed by atoms with Crippen LogP contribution < -0.4 is 10.5 Å². The van der Waals surface area contributed by atoms with Crippen LogP contribution in [-0.2, 0) is 0 Å². The molecule has 2 N–H and O–H groups in total. The van der Waals surface area contributed by atoms with Crippen LogP contribution in [0.25, 0.3) is 0 Å². The maximum atomic E-state index is 13.7. The van der Waals surface area contributed by atoms with Crippen LogP contribution >= 0.6 is 15.9 Å². The van der Waals surface area contributed by atoms with Gasteiger partial charge in [0.25, 0.3) is 0 Å². The summed E-state index contributed by atoms with van der Waals surface area (Å²) >= 11 is 3.24. The highest BCUT2D eigenvalue weighted by Gasteiger charge is 2.52. The highest BCUT2D eigenvalue weighted by atomic mass is 79.9. The molecule has 0 amide bonds. The zero-order valence-electron chi connectivity index (χ0n) is 10.7. The number of rotatable bonds is 4. The average molecular weight is 316 g/mol. The van der Waals surface area contributed by atoms with E-state index in [0.29, 0.717) is 5.75 Å². The molecule has 1 aromatic carbocycles. The van der Waals surface area contributed by atoms with Crippen LogP contribution in [0, 0.1) is 11.2 Å². The molecule has 0 aromatic heterocycles. The van der Waals surface area contributed by atoms with E-state index >= 15 is 0 Å². The van der Waals surface area contributed by atoms with Crippen molar-refractivity contribution < 1.29 is 9.13 Å². The summed E-state index contributed by atoms with van der Waals surface area (Å²) in [6, 6.07) is 5.04. The second-order valence-corrected chi connectivity index (χ2v) is 5.88. The Labute approximate surface area is 116 Å². The standard InChI is InChI=1S/C14H19BrFNO/c1-3-14(4-2)12(17)8-13(14)18-11-6-5-9(15)7-10(11)16/h5-7,12-13H,3-4,8,17H2,1-2H3. The first-order chi connectivity index (χ1) is 8.53. The van der Waals surface area contributed by atoms with Crippen molar-refractivity contribution in [3.63, 3.8) is 0 Å². The smallest absolute Gasteiger partial charge is 0.166 e. The maximum Gasteiger partial charge on any atom is 0.166 e. The predicted molar refractivity (Wildman–Crippen MR) is 74.1 cm³/mol. The van der Waals surface area contributed by atoms with Crippen LogP contribution in [-0.4, -0.2) is 12.1 Å². The SMILES string of the molecule is CCC1(CC)C(N)CC1Oc1ccc(Br)cc1F. The quantitative estimate of drug-likeness (QED) is 0.915. The van der Waals surface area contributed by atoms with Gasteiger partial charge >= 0.3 is 0 Å². The molecule has 1 fully saturated rings. The first-order valence-corrected chi connectivity index (χ1v) is 7.20. The zero-order valence-corrected chi connectivity index (χ0v) is 12.3. The zero-order chi connectivity index (χ0) is 13.3. The number of hydrogen-bond acceptors (Lipinski definition) is 2. The van der Waals surface area contributed by atoms with Crippen molar-refractivity contribution in [2.75, 3.05) is 0 Å². The summed E-state index contributed by atoms with van der Waals surface area (Å²) in [7, 11) is 0. The molecule has 0 aliphatic heterocycles. The lowest BCUT2D eigenvalue weighted by Crippen LogP contribution is -2.63. The Morgan fingerprint density at radius 1 is 1.44 bits per heavy atom. The Morgan fingerprint density at radius 2 is 2.11 bits per heavy atom. The van der Waals surface area contributed by atoms with E-state index in [1.165, 1.54) is 6.07 Å². The summed E-state index contributed by atoms with van der Waals surface area (Å²) < 4.78 is 20.3. The van der Waals surface area contributed by atoms with Crippen LogP contribution in [0.1, 0.15) is 33.1 Å². The third-order valence-electron chi connectivity index (χ3n) is 4.33. The molecular weight excluding hydrogens is 297 g/mol. The highest BCUT2D eigenvalue weighted by Crippen LogP contribution is 2.48. The Hall–Kier alpha value is -0.610. The van der Waals surface area contributed by atoms with Crippen molar-refractivity contribution >= 4 is 15.9 Å². The van der Waals surface area contributed by atoms with Crippen molar-refractivity contribution in [1.29, 1.82) is 0 Å². The topological polar surface area (TPSA) is 35.2 Å². The summed E-state index contributed by atoms with van der Waals surface area (Å²) in [5.41, 5.74) is 6.10. The van der Waals surface area contributed by atoms with E-state index in [2.05, 4.69) is 29.8 Å². The molecule has 0 saturated heterocycles. The van der Waals surface area contributed by atoms with Gasteiger partial charge in [0.15, 0.2) is 11.6 Å². The summed E-state index contributed by atoms with van der Waals surface area (Å²) in [5, 5.41) is 0. The lowest BCUT2D eigenvalue weighted by Gasteiger charge is -2.53. The third-order valence-corrected chi connectivity index (χ3v) is 4.82. The molecule has 4 heteroatoms. The molecule has 2 atom stereocenters. The lowest BCUT2D eigenvalue weighted by atomic mass is 9.59. The second kappa shape index (κ2) is 5.17. The number of benzene rings is 1. The Balaban J connectivity index is 2.15. The fourth-order valence-corrected chi connectivity index (χ4v) is 3.23. The van der Waals surface area contributed by atoms with Crippen molar-refractivity contribution in [1.82, 2.24) is 0 Å². The molecule has 1 aromatic rings. The van der Waals surface area contributed by atoms with Crippen molar-refractivity contribution in [2.45, 2.75) is 45.3 Å². The van der Waals surface area contributed by atoms with Gasteiger partial charge in [0.1, 0.15) is 6.10 Å². The highest BCUT2D eigenvalue weighted by molar-refractivity contribution is 9.10. The van der Waals surface area contributed by atoms with Gasteiger partial charge in [-0.15, -0.1) is 0 Å². The van der Waals surface area contributed by atoms with Crippen molar-refractivity contribution in [2.24, 2.45) is 11.1 Å². The van der Waals surface area contributed by atoms with Gasteiger partial charge in [-0.1, -0.05) is 29.8 Å². The molecule has 1 saturated carbocycles. The summed E-state index contributed by atoms with van der Waals surface area (Å²) in [5.74, 6) is -0.00710. The molecule has 2 unspecified atom stereocenters. The van der Waals surface area contributed by atoms with Gasteiger partial charge in [-0.25, -0.2) is 4.39 Å². The summed E-state index contributed by atoms with van der Waals surface area (Å²) in [4.78, 5) is 0. The van der Waals surface area contributed by atoms with Crippen LogP contribution in [0.15, 0.2) is 22.7 Å². The minimum atomic E-state index is -0.328. The molecule has 0 heterocycles. The van der Waals surface area contributed by atoms with Crippen LogP contribution in [0.3, 0.4) is 0 Å². The molecule has 2 rings (SSSR count). The van der Waals surface area contributed by atoms with Crippen LogP contribution in [0.2, 0.25) is 0 Å². The van der Waals surface area contributed by atoms with Gasteiger partial charge < -0.3 is 10.5 Å². The van der Waals surface area contributed by atoms with E-state index in [1.807, 2.05) is 0 Å². The van der Waals surface area contributed by atoms with E-state index in [0.717, 1.165) is 23.7 Å². The molecule has 18 heavy (non-hydrogen) atoms. The van der Waals surface area contributed by atoms with E-state index in [4.69, 9.17) is 10.5 Å². The second-order valence-electron chi connectivity index (χ2n) is 4.96. The monoisotopic (exact) mass is 315 g/mol. The van der Waals surface area contributed by atoms with Gasteiger partial charge in [-0.3, -0.25) is 0 Å². The van der Waals surface area contributed by atoms with Gasteiger partial charge in [0.05, 0.1) is 0 Å².